The van der Waals surface area contributed by atoms with E-state index in [-0.39, 0.29) is 12.5 Å². The van der Waals surface area contributed by atoms with Gasteiger partial charge in [0.05, 0.1) is 20.3 Å². The number of hydrogen-bond acceptors (Lipinski definition) is 7. The van der Waals surface area contributed by atoms with Crippen molar-refractivity contribution in [3.05, 3.63) is 93.8 Å². The fourth-order valence-electron chi connectivity index (χ4n) is 5.03. The second kappa shape index (κ2) is 11.1. The highest BCUT2D eigenvalue weighted by Gasteiger charge is 2.35. The van der Waals surface area contributed by atoms with E-state index in [1.165, 1.54) is 6.07 Å². The van der Waals surface area contributed by atoms with Gasteiger partial charge in [0.1, 0.15) is 23.7 Å². The lowest BCUT2D eigenvalue weighted by Gasteiger charge is -2.38. The van der Waals surface area contributed by atoms with Crippen LogP contribution in [-0.4, -0.2) is 44.3 Å². The van der Waals surface area contributed by atoms with Crippen LogP contribution in [0, 0.1) is 6.92 Å². The van der Waals surface area contributed by atoms with Crippen LogP contribution in [0.15, 0.2) is 75.9 Å². The first-order valence-corrected chi connectivity index (χ1v) is 12.8. The summed E-state index contributed by atoms with van der Waals surface area (Å²) in [6.07, 6.45) is -0.0503. The van der Waals surface area contributed by atoms with E-state index < -0.39 is 17.8 Å². The SMILES string of the molecule is COc1cc2c(cc1OC)[C@H](COc1ccc3c(C)cc(=O)oc3c1)N(C(=O)[C@@H](C)Oc1ccccc1)CC2. The minimum atomic E-state index is -0.700. The molecule has 1 aliphatic heterocycles. The van der Waals surface area contributed by atoms with Gasteiger partial charge >= 0.3 is 5.63 Å². The van der Waals surface area contributed by atoms with Crippen molar-refractivity contribution in [3.63, 3.8) is 0 Å². The predicted octanol–water partition coefficient (Wildman–Crippen LogP) is 5.09. The number of para-hydroxylation sites is 1. The smallest absolute Gasteiger partial charge is 0.336 e. The van der Waals surface area contributed by atoms with Gasteiger partial charge in [-0.15, -0.1) is 0 Å². The second-order valence-corrected chi connectivity index (χ2v) is 9.49. The maximum Gasteiger partial charge on any atom is 0.336 e. The van der Waals surface area contributed by atoms with E-state index in [0.717, 1.165) is 22.1 Å². The summed E-state index contributed by atoms with van der Waals surface area (Å²) in [6.45, 7) is 4.28. The van der Waals surface area contributed by atoms with Crippen LogP contribution in [0.1, 0.15) is 29.7 Å². The number of carbonyl (C=O) groups excluding carboxylic acids is 1. The molecule has 0 saturated carbocycles. The molecule has 2 atom stereocenters. The molecule has 0 unspecified atom stereocenters. The van der Waals surface area contributed by atoms with Gasteiger partial charge in [-0.3, -0.25) is 4.79 Å². The Hall–Kier alpha value is -4.46. The lowest BCUT2D eigenvalue weighted by Crippen LogP contribution is -2.47. The number of rotatable bonds is 8. The lowest BCUT2D eigenvalue weighted by atomic mass is 9.91. The van der Waals surface area contributed by atoms with E-state index in [9.17, 15) is 9.59 Å². The number of carbonyl (C=O) groups is 1. The number of aryl methyl sites for hydroxylation is 1. The van der Waals surface area contributed by atoms with Gasteiger partial charge < -0.3 is 28.3 Å². The number of ether oxygens (including phenoxy) is 4. The number of fused-ring (bicyclic) bond motifs is 2. The monoisotopic (exact) mass is 529 g/mol. The molecule has 3 aromatic carbocycles. The number of hydrogen-bond donors (Lipinski definition) is 0. The van der Waals surface area contributed by atoms with E-state index >= 15 is 0 Å². The molecular formula is C31H31NO7. The lowest BCUT2D eigenvalue weighted by molar-refractivity contribution is -0.141. The fourth-order valence-corrected chi connectivity index (χ4v) is 5.03. The van der Waals surface area contributed by atoms with Crippen molar-refractivity contribution < 1.29 is 28.2 Å². The molecule has 8 heteroatoms. The van der Waals surface area contributed by atoms with Crippen LogP contribution in [-0.2, 0) is 11.2 Å². The molecule has 0 saturated heterocycles. The number of methoxy groups -OCH3 is 2. The van der Waals surface area contributed by atoms with Crippen LogP contribution in [0.4, 0.5) is 0 Å². The molecule has 39 heavy (non-hydrogen) atoms. The first-order chi connectivity index (χ1) is 18.9. The van der Waals surface area contributed by atoms with E-state index in [1.807, 2.05) is 61.5 Å². The molecule has 0 N–H and O–H groups in total. The molecule has 4 aromatic rings. The molecule has 2 heterocycles. The van der Waals surface area contributed by atoms with Gasteiger partial charge in [0.25, 0.3) is 5.91 Å². The maximum atomic E-state index is 13.7. The summed E-state index contributed by atoms with van der Waals surface area (Å²) >= 11 is 0. The van der Waals surface area contributed by atoms with Crippen LogP contribution >= 0.6 is 0 Å². The number of nitrogens with zero attached hydrogens (tertiary/aromatic N) is 1. The maximum absolute atomic E-state index is 13.7. The summed E-state index contributed by atoms with van der Waals surface area (Å²) in [4.78, 5) is 27.4. The molecule has 5 rings (SSSR count). The summed E-state index contributed by atoms with van der Waals surface area (Å²) in [5.74, 6) is 2.23. The third kappa shape index (κ3) is 5.41. The normalized spacial score (nSPS) is 15.4. The third-order valence-electron chi connectivity index (χ3n) is 7.02. The van der Waals surface area contributed by atoms with Gasteiger partial charge in [-0.25, -0.2) is 4.79 Å². The largest absolute Gasteiger partial charge is 0.493 e. The second-order valence-electron chi connectivity index (χ2n) is 9.49. The molecular weight excluding hydrogens is 498 g/mol. The van der Waals surface area contributed by atoms with Crippen molar-refractivity contribution >= 4 is 16.9 Å². The van der Waals surface area contributed by atoms with E-state index in [2.05, 4.69) is 0 Å². The molecule has 0 aliphatic carbocycles. The minimum Gasteiger partial charge on any atom is -0.493 e. The standard InChI is InChI=1S/C31H31NO7/c1-19-14-30(33)39-27-16-23(10-11-24(19)27)37-18-26-25-17-29(36-4)28(35-3)15-21(25)12-13-32(26)31(34)20(2)38-22-8-6-5-7-9-22/h5-11,14-17,20,26H,12-13,18H2,1-4H3/t20-,26+/m1/s1. The molecule has 1 amide bonds. The Bertz CT molecular complexity index is 1550. The van der Waals surface area contributed by atoms with Crippen molar-refractivity contribution in [1.82, 2.24) is 4.90 Å². The zero-order chi connectivity index (χ0) is 27.5. The van der Waals surface area contributed by atoms with Crippen LogP contribution in [0.2, 0.25) is 0 Å². The number of benzene rings is 3. The van der Waals surface area contributed by atoms with E-state index in [0.29, 0.717) is 41.5 Å². The molecule has 8 nitrogen and oxygen atoms in total. The van der Waals surface area contributed by atoms with Crippen LogP contribution < -0.4 is 24.6 Å². The molecule has 1 aromatic heterocycles. The average molecular weight is 530 g/mol. The van der Waals surface area contributed by atoms with E-state index in [1.54, 1.807) is 32.1 Å². The van der Waals surface area contributed by atoms with Crippen molar-refractivity contribution in [3.8, 4) is 23.0 Å². The first kappa shape index (κ1) is 26.2. The Morgan fingerprint density at radius 2 is 1.74 bits per heavy atom. The predicted molar refractivity (Wildman–Crippen MR) is 147 cm³/mol. The van der Waals surface area contributed by atoms with Crippen LogP contribution in [0.3, 0.4) is 0 Å². The highest BCUT2D eigenvalue weighted by Crippen LogP contribution is 2.39. The summed E-state index contributed by atoms with van der Waals surface area (Å²) in [6, 6.07) is 19.6. The molecule has 0 radical (unpaired) electrons. The van der Waals surface area contributed by atoms with Gasteiger partial charge in [0.2, 0.25) is 0 Å². The Morgan fingerprint density at radius 3 is 2.49 bits per heavy atom. The van der Waals surface area contributed by atoms with Crippen LogP contribution in [0.25, 0.3) is 11.0 Å². The first-order valence-electron chi connectivity index (χ1n) is 12.8. The van der Waals surface area contributed by atoms with Crippen molar-refractivity contribution in [2.24, 2.45) is 0 Å². The van der Waals surface area contributed by atoms with Crippen molar-refractivity contribution in [1.29, 1.82) is 0 Å². The van der Waals surface area contributed by atoms with Crippen LogP contribution in [0.5, 0.6) is 23.0 Å². The minimum absolute atomic E-state index is 0.145. The van der Waals surface area contributed by atoms with Crippen molar-refractivity contribution in [2.45, 2.75) is 32.4 Å². The molecule has 0 fully saturated rings. The van der Waals surface area contributed by atoms with Crippen molar-refractivity contribution in [2.75, 3.05) is 27.4 Å². The van der Waals surface area contributed by atoms with Gasteiger partial charge in [-0.1, -0.05) is 18.2 Å². The third-order valence-corrected chi connectivity index (χ3v) is 7.02. The summed E-state index contributed by atoms with van der Waals surface area (Å²) in [7, 11) is 3.19. The van der Waals surface area contributed by atoms with Gasteiger partial charge in [-0.05, 0) is 73.4 Å². The molecule has 0 spiro atoms. The number of amides is 1. The quantitative estimate of drug-likeness (QED) is 0.294. The summed E-state index contributed by atoms with van der Waals surface area (Å²) < 4.78 is 28.7. The highest BCUT2D eigenvalue weighted by molar-refractivity contribution is 5.82. The molecule has 202 valence electrons. The molecule has 0 bridgehead atoms. The zero-order valence-corrected chi connectivity index (χ0v) is 22.4. The topological polar surface area (TPSA) is 87.4 Å². The Labute approximate surface area is 226 Å². The summed E-state index contributed by atoms with van der Waals surface area (Å²) in [5, 5.41) is 0.838. The van der Waals surface area contributed by atoms with E-state index in [4.69, 9.17) is 23.4 Å². The van der Waals surface area contributed by atoms with Gasteiger partial charge in [0, 0.05) is 24.1 Å². The Kier molecular flexibility index (Phi) is 7.45. The van der Waals surface area contributed by atoms with Gasteiger partial charge in [-0.2, -0.15) is 0 Å². The zero-order valence-electron chi connectivity index (χ0n) is 22.4. The summed E-state index contributed by atoms with van der Waals surface area (Å²) in [5.41, 5.74) is 2.85. The Morgan fingerprint density at radius 1 is 1.00 bits per heavy atom. The van der Waals surface area contributed by atoms with Gasteiger partial charge in [0.15, 0.2) is 17.6 Å². The average Bonchev–Trinajstić information content (AvgIpc) is 2.94. The Balaban J connectivity index is 1.46. The molecule has 1 aliphatic rings. The fraction of sp³-hybridized carbons (Fsp3) is 0.290. The highest BCUT2D eigenvalue weighted by atomic mass is 16.5.